The minimum atomic E-state index is -0.460. The Kier molecular flexibility index (Phi) is 5.37. The molecule has 2 unspecified atom stereocenters. The molecule has 0 bridgehead atoms. The van der Waals surface area contributed by atoms with Crippen molar-refractivity contribution >= 4 is 11.8 Å². The molecule has 1 aliphatic heterocycles. The minimum absolute atomic E-state index is 0.0114. The van der Waals surface area contributed by atoms with Crippen molar-refractivity contribution in [2.45, 2.75) is 33.0 Å². The van der Waals surface area contributed by atoms with Crippen LogP contribution in [0.4, 0.5) is 5.82 Å². The number of ether oxygens (including phenoxy) is 2. The average molecular weight is 357 g/mol. The fraction of sp³-hybridized carbons (Fsp3) is 0.421. The Labute approximate surface area is 152 Å². The number of esters is 1. The summed E-state index contributed by atoms with van der Waals surface area (Å²) in [5, 5.41) is 10.1. The molecule has 0 amide bonds. The van der Waals surface area contributed by atoms with Crippen LogP contribution in [0.2, 0.25) is 0 Å². The van der Waals surface area contributed by atoms with Crippen LogP contribution in [0.15, 0.2) is 30.5 Å². The summed E-state index contributed by atoms with van der Waals surface area (Å²) in [5.74, 6) is 0.487. The number of anilines is 1. The molecule has 1 aromatic heterocycles. The molecule has 3 rings (SSSR count). The molecule has 26 heavy (non-hydrogen) atoms. The van der Waals surface area contributed by atoms with E-state index in [0.717, 1.165) is 0 Å². The maximum atomic E-state index is 12.4. The Hall–Kier alpha value is -2.67. The largest absolute Gasteiger partial charge is 0.507 e. The summed E-state index contributed by atoms with van der Waals surface area (Å²) in [7, 11) is 0. The summed E-state index contributed by atoms with van der Waals surface area (Å²) in [6.07, 6.45) is 1.49. The number of carbonyl (C=O) groups is 1. The van der Waals surface area contributed by atoms with E-state index in [1.807, 2.05) is 18.7 Å². The zero-order chi connectivity index (χ0) is 18.7. The van der Waals surface area contributed by atoms with E-state index in [9.17, 15) is 9.90 Å². The monoisotopic (exact) mass is 357 g/mol. The zero-order valence-electron chi connectivity index (χ0n) is 15.2. The number of phenols is 1. The van der Waals surface area contributed by atoms with Crippen LogP contribution < -0.4 is 4.90 Å². The Morgan fingerprint density at radius 2 is 2.00 bits per heavy atom. The molecule has 0 aliphatic carbocycles. The van der Waals surface area contributed by atoms with E-state index in [0.29, 0.717) is 35.9 Å². The lowest BCUT2D eigenvalue weighted by molar-refractivity contribution is -0.00560. The molecule has 138 valence electrons. The van der Waals surface area contributed by atoms with Gasteiger partial charge in [-0.05, 0) is 32.9 Å². The molecule has 7 nitrogen and oxygen atoms in total. The molecule has 1 N–H and O–H groups in total. The average Bonchev–Trinajstić information content (AvgIpc) is 2.61. The fourth-order valence-electron chi connectivity index (χ4n) is 3.11. The molecular formula is C19H23N3O4. The highest BCUT2D eigenvalue weighted by Gasteiger charge is 2.28. The predicted molar refractivity (Wildman–Crippen MR) is 97.3 cm³/mol. The second kappa shape index (κ2) is 7.70. The Morgan fingerprint density at radius 3 is 2.65 bits per heavy atom. The molecule has 0 radical (unpaired) electrons. The number of rotatable bonds is 4. The van der Waals surface area contributed by atoms with Gasteiger partial charge in [0.25, 0.3) is 0 Å². The highest BCUT2D eigenvalue weighted by atomic mass is 16.5. The van der Waals surface area contributed by atoms with Crippen LogP contribution in [0.1, 0.15) is 31.1 Å². The van der Waals surface area contributed by atoms with Crippen LogP contribution in [0.5, 0.6) is 5.75 Å². The molecule has 0 spiro atoms. The van der Waals surface area contributed by atoms with Gasteiger partial charge in [0, 0.05) is 19.3 Å². The van der Waals surface area contributed by atoms with Crippen molar-refractivity contribution in [3.8, 4) is 17.1 Å². The van der Waals surface area contributed by atoms with E-state index in [-0.39, 0.29) is 24.6 Å². The number of carbonyl (C=O) groups excluding carboxylic acids is 1. The molecule has 1 aliphatic rings. The van der Waals surface area contributed by atoms with Crippen molar-refractivity contribution in [1.29, 1.82) is 0 Å². The van der Waals surface area contributed by atoms with Crippen molar-refractivity contribution < 1.29 is 19.4 Å². The second-order valence-corrected chi connectivity index (χ2v) is 6.33. The lowest BCUT2D eigenvalue weighted by Crippen LogP contribution is -2.46. The van der Waals surface area contributed by atoms with Gasteiger partial charge in [-0.2, -0.15) is 0 Å². The number of phenolic OH excluding ortho intramolecular Hbond substituents is 1. The summed E-state index contributed by atoms with van der Waals surface area (Å²) in [4.78, 5) is 23.3. The molecule has 0 saturated carbocycles. The van der Waals surface area contributed by atoms with Gasteiger partial charge < -0.3 is 19.5 Å². The first-order valence-electron chi connectivity index (χ1n) is 8.72. The smallest absolute Gasteiger partial charge is 0.343 e. The first-order valence-corrected chi connectivity index (χ1v) is 8.72. The third kappa shape index (κ3) is 3.77. The van der Waals surface area contributed by atoms with Gasteiger partial charge in [-0.1, -0.05) is 12.1 Å². The number of aromatic hydroxyl groups is 1. The summed E-state index contributed by atoms with van der Waals surface area (Å²) < 4.78 is 10.9. The SMILES string of the molecule is CCOC(=O)c1cnc(-c2ccccc2O)nc1N1CC(C)OC(C)C1. The van der Waals surface area contributed by atoms with E-state index in [4.69, 9.17) is 9.47 Å². The molecule has 1 aromatic carbocycles. The first kappa shape index (κ1) is 18.1. The maximum absolute atomic E-state index is 12.4. The Bertz CT molecular complexity index is 786. The lowest BCUT2D eigenvalue weighted by Gasteiger charge is -2.36. The highest BCUT2D eigenvalue weighted by Crippen LogP contribution is 2.30. The molecule has 7 heteroatoms. The normalized spacial score (nSPS) is 20.0. The quantitative estimate of drug-likeness (QED) is 0.842. The number of hydrogen-bond donors (Lipinski definition) is 1. The standard InChI is InChI=1S/C19H23N3O4/c1-4-25-19(24)15-9-20-17(14-7-5-6-8-16(14)23)21-18(15)22-10-12(2)26-13(3)11-22/h5-9,12-13,23H,4,10-11H2,1-3H3. The Balaban J connectivity index is 2.06. The summed E-state index contributed by atoms with van der Waals surface area (Å²) in [6, 6.07) is 6.86. The molecule has 2 heterocycles. The van der Waals surface area contributed by atoms with Gasteiger partial charge in [-0.25, -0.2) is 14.8 Å². The molecular weight excluding hydrogens is 334 g/mol. The third-order valence-corrected chi connectivity index (χ3v) is 4.13. The van der Waals surface area contributed by atoms with E-state index in [2.05, 4.69) is 9.97 Å². The van der Waals surface area contributed by atoms with Crippen LogP contribution in [-0.4, -0.2) is 52.9 Å². The number of benzene rings is 1. The lowest BCUT2D eigenvalue weighted by atomic mass is 10.1. The van der Waals surface area contributed by atoms with Gasteiger partial charge >= 0.3 is 5.97 Å². The molecule has 2 aromatic rings. The van der Waals surface area contributed by atoms with Crippen molar-refractivity contribution in [3.05, 3.63) is 36.0 Å². The number of aromatic nitrogens is 2. The number of nitrogens with zero attached hydrogens (tertiary/aromatic N) is 3. The first-order chi connectivity index (χ1) is 12.5. The van der Waals surface area contributed by atoms with Gasteiger partial charge in [0.15, 0.2) is 5.82 Å². The minimum Gasteiger partial charge on any atom is -0.507 e. The number of para-hydroxylation sites is 1. The van der Waals surface area contributed by atoms with Gasteiger partial charge in [-0.15, -0.1) is 0 Å². The van der Waals surface area contributed by atoms with E-state index in [1.165, 1.54) is 6.20 Å². The summed E-state index contributed by atoms with van der Waals surface area (Å²) >= 11 is 0. The van der Waals surface area contributed by atoms with Crippen LogP contribution in [0.25, 0.3) is 11.4 Å². The van der Waals surface area contributed by atoms with Gasteiger partial charge in [-0.3, -0.25) is 0 Å². The summed E-state index contributed by atoms with van der Waals surface area (Å²) in [6.45, 7) is 7.21. The van der Waals surface area contributed by atoms with E-state index in [1.54, 1.807) is 31.2 Å². The van der Waals surface area contributed by atoms with Gasteiger partial charge in [0.05, 0.1) is 24.4 Å². The molecule has 2 atom stereocenters. The van der Waals surface area contributed by atoms with Gasteiger partial charge in [0.2, 0.25) is 0 Å². The number of hydrogen-bond acceptors (Lipinski definition) is 7. The number of morpholine rings is 1. The predicted octanol–water partition coefficient (Wildman–Crippen LogP) is 2.64. The third-order valence-electron chi connectivity index (χ3n) is 4.13. The molecule has 1 saturated heterocycles. The maximum Gasteiger partial charge on any atom is 0.343 e. The van der Waals surface area contributed by atoms with E-state index >= 15 is 0 Å². The van der Waals surface area contributed by atoms with Crippen molar-refractivity contribution in [1.82, 2.24) is 9.97 Å². The van der Waals surface area contributed by atoms with Crippen LogP contribution in [0, 0.1) is 0 Å². The zero-order valence-corrected chi connectivity index (χ0v) is 15.2. The van der Waals surface area contributed by atoms with E-state index < -0.39 is 5.97 Å². The summed E-state index contributed by atoms with van der Waals surface area (Å²) in [5.41, 5.74) is 0.825. The van der Waals surface area contributed by atoms with Crippen molar-refractivity contribution in [2.75, 3.05) is 24.6 Å². The van der Waals surface area contributed by atoms with Gasteiger partial charge in [0.1, 0.15) is 17.1 Å². The fourth-order valence-corrected chi connectivity index (χ4v) is 3.11. The highest BCUT2D eigenvalue weighted by molar-refractivity contribution is 5.95. The second-order valence-electron chi connectivity index (χ2n) is 6.33. The topological polar surface area (TPSA) is 84.8 Å². The van der Waals surface area contributed by atoms with Crippen molar-refractivity contribution in [3.63, 3.8) is 0 Å². The van der Waals surface area contributed by atoms with Crippen LogP contribution in [-0.2, 0) is 9.47 Å². The van der Waals surface area contributed by atoms with Crippen LogP contribution in [0.3, 0.4) is 0 Å². The van der Waals surface area contributed by atoms with Crippen molar-refractivity contribution in [2.24, 2.45) is 0 Å². The van der Waals surface area contributed by atoms with Crippen LogP contribution >= 0.6 is 0 Å². The Morgan fingerprint density at radius 1 is 1.31 bits per heavy atom. The molecule has 1 fully saturated rings.